The molecule has 1 rings (SSSR count). The predicted octanol–water partition coefficient (Wildman–Crippen LogP) is 2.74. The average Bonchev–Trinajstić information content (AvgIpc) is 2.46. The van der Waals surface area contributed by atoms with Crippen molar-refractivity contribution in [3.63, 3.8) is 0 Å². The zero-order valence-corrected chi connectivity index (χ0v) is 13.1. The summed E-state index contributed by atoms with van der Waals surface area (Å²) in [6.45, 7) is 6.52. The van der Waals surface area contributed by atoms with Gasteiger partial charge >= 0.3 is 0 Å². The lowest BCUT2D eigenvalue weighted by Crippen LogP contribution is -2.33. The monoisotopic (exact) mass is 287 g/mol. The van der Waals surface area contributed by atoms with Gasteiger partial charge in [0, 0.05) is 19.3 Å². The van der Waals surface area contributed by atoms with Crippen molar-refractivity contribution in [3.05, 3.63) is 0 Å². The van der Waals surface area contributed by atoms with E-state index in [2.05, 4.69) is 6.92 Å². The summed E-state index contributed by atoms with van der Waals surface area (Å²) in [4.78, 5) is 0. The zero-order chi connectivity index (χ0) is 14.5. The van der Waals surface area contributed by atoms with E-state index in [9.17, 15) is 0 Å². The highest BCUT2D eigenvalue weighted by Crippen LogP contribution is 2.25. The van der Waals surface area contributed by atoms with Gasteiger partial charge in [-0.3, -0.25) is 0 Å². The van der Waals surface area contributed by atoms with Crippen LogP contribution in [0.25, 0.3) is 0 Å². The molecule has 0 aromatic heterocycles. The van der Waals surface area contributed by atoms with Gasteiger partial charge in [-0.2, -0.15) is 0 Å². The lowest BCUT2D eigenvalue weighted by molar-refractivity contribution is 0.0107. The molecule has 1 fully saturated rings. The molecule has 0 radical (unpaired) electrons. The molecule has 1 aliphatic carbocycles. The fraction of sp³-hybridized carbons (Fsp3) is 1.00. The minimum absolute atomic E-state index is 0.392. The Morgan fingerprint density at radius 1 is 0.850 bits per heavy atom. The molecule has 2 atom stereocenters. The fourth-order valence-electron chi connectivity index (χ4n) is 2.62. The third kappa shape index (κ3) is 8.90. The second-order valence-corrected chi connectivity index (χ2v) is 5.69. The van der Waals surface area contributed by atoms with E-state index in [1.165, 1.54) is 32.1 Å². The largest absolute Gasteiger partial charge is 0.379 e. The summed E-state index contributed by atoms with van der Waals surface area (Å²) in [6, 6.07) is 0.392. The molecular weight excluding hydrogens is 254 g/mol. The Balaban J connectivity index is 1.78. The molecule has 0 heterocycles. The molecule has 4 heteroatoms. The molecule has 0 bridgehead atoms. The van der Waals surface area contributed by atoms with Crippen molar-refractivity contribution in [2.24, 2.45) is 11.7 Å². The van der Waals surface area contributed by atoms with Crippen LogP contribution in [0.2, 0.25) is 0 Å². The maximum atomic E-state index is 6.12. The van der Waals surface area contributed by atoms with E-state index in [1.807, 2.05) is 0 Å². The summed E-state index contributed by atoms with van der Waals surface area (Å²) < 4.78 is 16.5. The molecule has 0 spiro atoms. The Morgan fingerprint density at radius 2 is 1.45 bits per heavy atom. The van der Waals surface area contributed by atoms with Crippen molar-refractivity contribution in [3.8, 4) is 0 Å². The number of hydrogen-bond acceptors (Lipinski definition) is 4. The van der Waals surface area contributed by atoms with Crippen molar-refractivity contribution in [1.82, 2.24) is 0 Å². The highest BCUT2D eigenvalue weighted by molar-refractivity contribution is 4.77. The van der Waals surface area contributed by atoms with Crippen LogP contribution >= 0.6 is 0 Å². The molecule has 2 N–H and O–H groups in total. The van der Waals surface area contributed by atoms with Gasteiger partial charge in [-0.05, 0) is 31.6 Å². The standard InChI is InChI=1S/C16H33NO3/c1-2-3-9-18-11-13-20-14-12-19-10-8-15-6-4-5-7-16(15)17/h15-16H,2-14,17H2,1H3. The Kier molecular flexibility index (Phi) is 11.2. The smallest absolute Gasteiger partial charge is 0.0701 e. The molecule has 0 aromatic carbocycles. The molecule has 4 nitrogen and oxygen atoms in total. The Labute approximate surface area is 124 Å². The Morgan fingerprint density at radius 3 is 2.10 bits per heavy atom. The van der Waals surface area contributed by atoms with Gasteiger partial charge in [-0.1, -0.05) is 26.2 Å². The quantitative estimate of drug-likeness (QED) is 0.561. The summed E-state index contributed by atoms with van der Waals surface area (Å²) >= 11 is 0. The topological polar surface area (TPSA) is 53.7 Å². The van der Waals surface area contributed by atoms with E-state index in [4.69, 9.17) is 19.9 Å². The van der Waals surface area contributed by atoms with Crippen LogP contribution in [0, 0.1) is 5.92 Å². The van der Waals surface area contributed by atoms with Crippen molar-refractivity contribution in [2.45, 2.75) is 57.9 Å². The normalized spacial score (nSPS) is 23.1. The first-order valence-corrected chi connectivity index (χ1v) is 8.33. The summed E-state index contributed by atoms with van der Waals surface area (Å²) in [7, 11) is 0. The lowest BCUT2D eigenvalue weighted by atomic mass is 9.83. The van der Waals surface area contributed by atoms with Gasteiger partial charge in [0.2, 0.25) is 0 Å². The van der Waals surface area contributed by atoms with Crippen molar-refractivity contribution in [2.75, 3.05) is 39.6 Å². The average molecular weight is 287 g/mol. The number of rotatable bonds is 12. The molecule has 0 amide bonds. The van der Waals surface area contributed by atoms with Crippen molar-refractivity contribution >= 4 is 0 Å². The van der Waals surface area contributed by atoms with Crippen LogP contribution in [-0.2, 0) is 14.2 Å². The number of ether oxygens (including phenoxy) is 3. The van der Waals surface area contributed by atoms with Gasteiger partial charge in [0.15, 0.2) is 0 Å². The third-order valence-electron chi connectivity index (χ3n) is 3.99. The molecule has 20 heavy (non-hydrogen) atoms. The van der Waals surface area contributed by atoms with Gasteiger partial charge in [-0.15, -0.1) is 0 Å². The predicted molar refractivity (Wildman–Crippen MR) is 81.9 cm³/mol. The molecule has 2 unspecified atom stereocenters. The highest BCUT2D eigenvalue weighted by atomic mass is 16.5. The first-order valence-electron chi connectivity index (χ1n) is 8.33. The zero-order valence-electron chi connectivity index (χ0n) is 13.1. The van der Waals surface area contributed by atoms with E-state index in [-0.39, 0.29) is 0 Å². The fourth-order valence-corrected chi connectivity index (χ4v) is 2.62. The summed E-state index contributed by atoms with van der Waals surface area (Å²) in [5.41, 5.74) is 6.12. The van der Waals surface area contributed by atoms with Crippen LogP contribution < -0.4 is 5.73 Å². The first-order chi connectivity index (χ1) is 9.84. The number of nitrogens with two attached hydrogens (primary N) is 1. The van der Waals surface area contributed by atoms with Crippen LogP contribution in [-0.4, -0.2) is 45.7 Å². The van der Waals surface area contributed by atoms with E-state index >= 15 is 0 Å². The number of hydrogen-bond donors (Lipinski definition) is 1. The van der Waals surface area contributed by atoms with E-state index in [0.717, 1.165) is 26.1 Å². The lowest BCUT2D eigenvalue weighted by Gasteiger charge is -2.28. The minimum atomic E-state index is 0.392. The summed E-state index contributed by atoms with van der Waals surface area (Å²) in [5, 5.41) is 0. The second-order valence-electron chi connectivity index (χ2n) is 5.69. The summed E-state index contributed by atoms with van der Waals surface area (Å²) in [6.07, 6.45) is 8.50. The van der Waals surface area contributed by atoms with Crippen molar-refractivity contribution in [1.29, 1.82) is 0 Å². The van der Waals surface area contributed by atoms with Crippen molar-refractivity contribution < 1.29 is 14.2 Å². The van der Waals surface area contributed by atoms with E-state index < -0.39 is 0 Å². The molecule has 0 aliphatic heterocycles. The van der Waals surface area contributed by atoms with Crippen LogP contribution in [0.15, 0.2) is 0 Å². The van der Waals surface area contributed by atoms with Crippen LogP contribution in [0.3, 0.4) is 0 Å². The maximum Gasteiger partial charge on any atom is 0.0701 e. The Hall–Kier alpha value is -0.160. The first kappa shape index (κ1) is 17.9. The van der Waals surface area contributed by atoms with Crippen LogP contribution in [0.1, 0.15) is 51.9 Å². The van der Waals surface area contributed by atoms with Crippen LogP contribution in [0.4, 0.5) is 0 Å². The van der Waals surface area contributed by atoms with E-state index in [1.54, 1.807) is 0 Å². The van der Waals surface area contributed by atoms with E-state index in [0.29, 0.717) is 38.4 Å². The Bertz CT molecular complexity index is 214. The molecule has 1 aliphatic rings. The highest BCUT2D eigenvalue weighted by Gasteiger charge is 2.20. The molecule has 0 aromatic rings. The van der Waals surface area contributed by atoms with Gasteiger partial charge in [0.25, 0.3) is 0 Å². The number of unbranched alkanes of at least 4 members (excludes halogenated alkanes) is 1. The summed E-state index contributed by atoms with van der Waals surface area (Å²) in [5.74, 6) is 0.664. The molecule has 0 saturated heterocycles. The SMILES string of the molecule is CCCCOCCOCCOCCC1CCCCC1N. The van der Waals surface area contributed by atoms with Crippen LogP contribution in [0.5, 0.6) is 0 Å². The third-order valence-corrected chi connectivity index (χ3v) is 3.99. The molecule has 1 saturated carbocycles. The van der Waals surface area contributed by atoms with Gasteiger partial charge in [-0.25, -0.2) is 0 Å². The van der Waals surface area contributed by atoms with Gasteiger partial charge in [0.05, 0.1) is 26.4 Å². The second kappa shape index (κ2) is 12.6. The minimum Gasteiger partial charge on any atom is -0.379 e. The molecular formula is C16H33NO3. The maximum absolute atomic E-state index is 6.12. The van der Waals surface area contributed by atoms with Gasteiger partial charge in [0.1, 0.15) is 0 Å². The molecule has 120 valence electrons. The van der Waals surface area contributed by atoms with Gasteiger partial charge < -0.3 is 19.9 Å².